The zero-order valence-corrected chi connectivity index (χ0v) is 16.3. The average molecular weight is 397 g/mol. The molecule has 2 N–H and O–H groups in total. The number of rotatable bonds is 4. The molecule has 1 aliphatic rings. The normalized spacial score (nSPS) is 16.6. The number of morpholine rings is 1. The number of nitrogens with zero attached hydrogens (tertiary/aromatic N) is 3. The van der Waals surface area contributed by atoms with Crippen molar-refractivity contribution in [3.05, 3.63) is 58.7 Å². The van der Waals surface area contributed by atoms with Gasteiger partial charge in [0.1, 0.15) is 18.0 Å². The number of hydrogen-bond donors (Lipinski definition) is 2. The number of fused-ring (bicyclic) bond motifs is 1. The number of hydrogen-bond acceptors (Lipinski definition) is 6. The quantitative estimate of drug-likeness (QED) is 0.551. The lowest BCUT2D eigenvalue weighted by Gasteiger charge is -2.31. The topological polar surface area (TPSA) is 77.2 Å². The monoisotopic (exact) mass is 397 g/mol. The molecule has 5 rings (SSSR count). The highest BCUT2D eigenvalue weighted by Gasteiger charge is 2.34. The van der Waals surface area contributed by atoms with Crippen LogP contribution in [0.5, 0.6) is 5.88 Å². The van der Waals surface area contributed by atoms with Crippen LogP contribution in [0.15, 0.2) is 47.1 Å². The van der Waals surface area contributed by atoms with Gasteiger partial charge in [0.15, 0.2) is 11.8 Å². The van der Waals surface area contributed by atoms with Gasteiger partial charge in [-0.05, 0) is 19.1 Å². The van der Waals surface area contributed by atoms with Gasteiger partial charge in [-0.1, -0.05) is 41.2 Å². The van der Waals surface area contributed by atoms with Crippen molar-refractivity contribution in [2.45, 2.75) is 13.0 Å². The minimum Gasteiger partial charge on any atom is -0.492 e. The number of ether oxygens (including phenoxy) is 1. The van der Waals surface area contributed by atoms with E-state index in [2.05, 4.69) is 41.3 Å². The van der Waals surface area contributed by atoms with Gasteiger partial charge >= 0.3 is 0 Å². The minimum atomic E-state index is 0.0186. The Labute approximate surface area is 165 Å². The summed E-state index contributed by atoms with van der Waals surface area (Å²) in [6.07, 6.45) is 1.59. The lowest BCUT2D eigenvalue weighted by molar-refractivity contribution is -0.932. The highest BCUT2D eigenvalue weighted by atomic mass is 32.1. The molecule has 0 spiro atoms. The lowest BCUT2D eigenvalue weighted by atomic mass is 10.0. The molecular weight excluding hydrogens is 376 g/mol. The van der Waals surface area contributed by atoms with Gasteiger partial charge < -0.3 is 19.2 Å². The van der Waals surface area contributed by atoms with E-state index in [1.807, 2.05) is 6.07 Å². The minimum absolute atomic E-state index is 0.0186. The van der Waals surface area contributed by atoms with Crippen molar-refractivity contribution in [2.75, 3.05) is 26.3 Å². The van der Waals surface area contributed by atoms with Crippen molar-refractivity contribution in [1.82, 2.24) is 14.6 Å². The van der Waals surface area contributed by atoms with Gasteiger partial charge in [-0.3, -0.25) is 0 Å². The molecule has 1 aliphatic heterocycles. The summed E-state index contributed by atoms with van der Waals surface area (Å²) in [5.41, 5.74) is 2.39. The SMILES string of the molecule is Cc1ccc([C@H](c2sc3nc(-c4ccco4)nn3c2O)[NH+]2CCOCC2)cc1. The third-order valence-electron chi connectivity index (χ3n) is 5.16. The van der Waals surface area contributed by atoms with Crippen LogP contribution in [0.25, 0.3) is 16.5 Å². The molecule has 1 fully saturated rings. The van der Waals surface area contributed by atoms with Crippen LogP contribution in [-0.2, 0) is 4.74 Å². The summed E-state index contributed by atoms with van der Waals surface area (Å²) in [6, 6.07) is 12.1. The largest absolute Gasteiger partial charge is 0.492 e. The molecule has 144 valence electrons. The summed E-state index contributed by atoms with van der Waals surface area (Å²) >= 11 is 1.48. The van der Waals surface area contributed by atoms with Crippen LogP contribution >= 0.6 is 11.3 Å². The Morgan fingerprint density at radius 1 is 1.18 bits per heavy atom. The van der Waals surface area contributed by atoms with E-state index in [1.54, 1.807) is 12.3 Å². The molecule has 3 aromatic heterocycles. The van der Waals surface area contributed by atoms with E-state index >= 15 is 0 Å². The zero-order chi connectivity index (χ0) is 19.1. The summed E-state index contributed by atoms with van der Waals surface area (Å²) in [7, 11) is 0. The van der Waals surface area contributed by atoms with E-state index in [-0.39, 0.29) is 11.9 Å². The Hall–Kier alpha value is -2.68. The van der Waals surface area contributed by atoms with Crippen LogP contribution in [0.3, 0.4) is 0 Å². The number of furan rings is 1. The number of benzene rings is 1. The highest BCUT2D eigenvalue weighted by molar-refractivity contribution is 7.17. The van der Waals surface area contributed by atoms with Crippen LogP contribution < -0.4 is 4.90 Å². The summed E-state index contributed by atoms with van der Waals surface area (Å²) in [5, 5.41) is 15.5. The smallest absolute Gasteiger partial charge is 0.235 e. The standard InChI is InChI=1S/C20H20N4O3S/c1-13-4-6-14(7-5-13)16(23-8-11-26-12-9-23)17-19(25)24-20(28-17)21-18(22-24)15-3-2-10-27-15/h2-7,10,16,25H,8-9,11-12H2,1H3/p+1/t16-/m1/s1. The van der Waals surface area contributed by atoms with Crippen LogP contribution in [-0.4, -0.2) is 46.0 Å². The molecule has 0 amide bonds. The molecule has 4 heterocycles. The van der Waals surface area contributed by atoms with Gasteiger partial charge in [-0.2, -0.15) is 9.50 Å². The molecule has 0 saturated carbocycles. The highest BCUT2D eigenvalue weighted by Crippen LogP contribution is 2.36. The molecule has 7 nitrogen and oxygen atoms in total. The van der Waals surface area contributed by atoms with Crippen molar-refractivity contribution >= 4 is 16.3 Å². The predicted octanol–water partition coefficient (Wildman–Crippen LogP) is 2.07. The van der Waals surface area contributed by atoms with Gasteiger partial charge in [-0.15, -0.1) is 5.10 Å². The van der Waals surface area contributed by atoms with E-state index in [0.717, 1.165) is 31.2 Å². The van der Waals surface area contributed by atoms with Crippen molar-refractivity contribution in [1.29, 1.82) is 0 Å². The molecule has 1 saturated heterocycles. The number of quaternary nitrogens is 1. The molecule has 28 heavy (non-hydrogen) atoms. The first-order chi connectivity index (χ1) is 13.7. The summed E-state index contributed by atoms with van der Waals surface area (Å²) in [4.78, 5) is 7.46. The molecule has 8 heteroatoms. The van der Waals surface area contributed by atoms with E-state index in [1.165, 1.54) is 31.9 Å². The molecule has 4 aromatic rings. The van der Waals surface area contributed by atoms with Crippen molar-refractivity contribution in [3.8, 4) is 17.5 Å². The first kappa shape index (κ1) is 17.4. The molecular formula is C20H21N4O3S+. The average Bonchev–Trinajstić information content (AvgIpc) is 3.43. The van der Waals surface area contributed by atoms with Gasteiger partial charge in [0, 0.05) is 5.56 Å². The Morgan fingerprint density at radius 2 is 1.96 bits per heavy atom. The van der Waals surface area contributed by atoms with E-state index < -0.39 is 0 Å². The van der Waals surface area contributed by atoms with E-state index in [9.17, 15) is 5.11 Å². The second kappa shape index (κ2) is 7.05. The van der Waals surface area contributed by atoms with Crippen molar-refractivity contribution in [2.24, 2.45) is 0 Å². The maximum absolute atomic E-state index is 11.0. The third-order valence-corrected chi connectivity index (χ3v) is 6.24. The van der Waals surface area contributed by atoms with E-state index in [0.29, 0.717) is 16.5 Å². The Bertz CT molecular complexity index is 1080. The second-order valence-electron chi connectivity index (χ2n) is 7.01. The molecule has 0 unspecified atom stereocenters. The molecule has 0 aliphatic carbocycles. The van der Waals surface area contributed by atoms with Crippen LogP contribution in [0.2, 0.25) is 0 Å². The van der Waals surface area contributed by atoms with Gasteiger partial charge in [-0.25, -0.2) is 0 Å². The molecule has 1 atom stereocenters. The summed E-state index contributed by atoms with van der Waals surface area (Å²) in [5.74, 6) is 1.21. The third kappa shape index (κ3) is 2.99. The van der Waals surface area contributed by atoms with Crippen molar-refractivity contribution < 1.29 is 19.2 Å². The molecule has 0 radical (unpaired) electrons. The maximum atomic E-state index is 11.0. The number of aromatic nitrogens is 3. The first-order valence-electron chi connectivity index (χ1n) is 9.32. The molecule has 1 aromatic carbocycles. The fourth-order valence-corrected chi connectivity index (χ4v) is 4.84. The lowest BCUT2D eigenvalue weighted by Crippen LogP contribution is -3.14. The van der Waals surface area contributed by atoms with E-state index in [4.69, 9.17) is 9.15 Å². The number of thiazole rings is 1. The second-order valence-corrected chi connectivity index (χ2v) is 8.02. The van der Waals surface area contributed by atoms with Crippen LogP contribution in [0.1, 0.15) is 22.0 Å². The van der Waals surface area contributed by atoms with Gasteiger partial charge in [0.05, 0.1) is 19.5 Å². The summed E-state index contributed by atoms with van der Waals surface area (Å²) in [6.45, 7) is 5.31. The fourth-order valence-electron chi connectivity index (χ4n) is 3.70. The summed E-state index contributed by atoms with van der Waals surface area (Å²) < 4.78 is 12.4. The first-order valence-corrected chi connectivity index (χ1v) is 10.1. The zero-order valence-electron chi connectivity index (χ0n) is 15.5. The predicted molar refractivity (Wildman–Crippen MR) is 105 cm³/mol. The number of aryl methyl sites for hydroxylation is 1. The fraction of sp³-hybridized carbons (Fsp3) is 0.300. The van der Waals surface area contributed by atoms with Crippen LogP contribution in [0, 0.1) is 6.92 Å². The van der Waals surface area contributed by atoms with Gasteiger partial charge in [0.2, 0.25) is 16.7 Å². The van der Waals surface area contributed by atoms with Gasteiger partial charge in [0.25, 0.3) is 0 Å². The van der Waals surface area contributed by atoms with Crippen molar-refractivity contribution in [3.63, 3.8) is 0 Å². The molecule has 0 bridgehead atoms. The number of nitrogens with one attached hydrogen (secondary N) is 1. The Balaban J connectivity index is 1.59. The Morgan fingerprint density at radius 3 is 2.64 bits per heavy atom. The maximum Gasteiger partial charge on any atom is 0.235 e. The van der Waals surface area contributed by atoms with Crippen LogP contribution in [0.4, 0.5) is 0 Å². The Kier molecular flexibility index (Phi) is 4.38. The number of aromatic hydroxyl groups is 1.